The molecule has 0 spiro atoms. The van der Waals surface area contributed by atoms with E-state index < -0.39 is 20.8 Å². The van der Waals surface area contributed by atoms with Crippen molar-refractivity contribution in [1.82, 2.24) is 0 Å². The molecular weight excluding hydrogens is 276 g/mol. The van der Waals surface area contributed by atoms with Gasteiger partial charge in [0.15, 0.2) is 0 Å². The molecule has 2 aromatic rings. The number of anilines is 1. The van der Waals surface area contributed by atoms with Crippen molar-refractivity contribution in [2.75, 3.05) is 5.73 Å². The van der Waals surface area contributed by atoms with Gasteiger partial charge in [0.2, 0.25) is 0 Å². The van der Waals surface area contributed by atoms with Crippen molar-refractivity contribution in [3.63, 3.8) is 0 Å². The molecular formula is C10H7NNa2O4S. The fourth-order valence-electron chi connectivity index (χ4n) is 1.46. The average molecular weight is 283 g/mol. The van der Waals surface area contributed by atoms with Crippen molar-refractivity contribution in [2.45, 2.75) is 4.90 Å². The third-order valence-corrected chi connectivity index (χ3v) is 3.02. The summed E-state index contributed by atoms with van der Waals surface area (Å²) >= 11 is 0. The van der Waals surface area contributed by atoms with Crippen LogP contribution >= 0.6 is 0 Å². The van der Waals surface area contributed by atoms with E-state index in [4.69, 9.17) is 5.73 Å². The van der Waals surface area contributed by atoms with E-state index in [0.717, 1.165) is 6.07 Å². The number of nitrogens with two attached hydrogens (primary N) is 1. The van der Waals surface area contributed by atoms with Crippen LogP contribution in [0.1, 0.15) is 0 Å². The summed E-state index contributed by atoms with van der Waals surface area (Å²) in [7, 11) is -4.61. The van der Waals surface area contributed by atoms with Gasteiger partial charge in [-0.15, -0.1) is 0 Å². The van der Waals surface area contributed by atoms with Gasteiger partial charge in [-0.1, -0.05) is 17.9 Å². The minimum absolute atomic E-state index is 0. The Morgan fingerprint density at radius 3 is 2.22 bits per heavy atom. The van der Waals surface area contributed by atoms with Crippen LogP contribution in [-0.4, -0.2) is 13.0 Å². The molecule has 0 fully saturated rings. The summed E-state index contributed by atoms with van der Waals surface area (Å²) < 4.78 is 32.3. The van der Waals surface area contributed by atoms with Gasteiger partial charge in [-0.3, -0.25) is 0 Å². The van der Waals surface area contributed by atoms with Gasteiger partial charge < -0.3 is 15.4 Å². The molecule has 0 saturated carbocycles. The first-order valence-corrected chi connectivity index (χ1v) is 5.75. The second-order valence-corrected chi connectivity index (χ2v) is 4.74. The minimum Gasteiger partial charge on any atom is -0.872 e. The van der Waals surface area contributed by atoms with Crippen LogP contribution in [0.15, 0.2) is 35.2 Å². The van der Waals surface area contributed by atoms with Gasteiger partial charge in [-0.25, -0.2) is 8.42 Å². The molecule has 0 radical (unpaired) electrons. The maximum absolute atomic E-state index is 11.5. The predicted molar refractivity (Wildman–Crippen MR) is 55.8 cm³/mol. The molecule has 0 unspecified atom stereocenters. The first kappa shape index (κ1) is 18.2. The number of hydrogen-bond donors (Lipinski definition) is 1. The molecule has 0 saturated heterocycles. The summed E-state index contributed by atoms with van der Waals surface area (Å²) in [5.41, 5.74) is 5.90. The average Bonchev–Trinajstić information content (AvgIpc) is 2.17. The smallest absolute Gasteiger partial charge is 0.872 e. The molecule has 2 aromatic carbocycles. The SMILES string of the molecule is Nc1ccc2cc(S(=O)(=O)[O-])cc([O-])c2c1.[Na+].[Na+]. The monoisotopic (exact) mass is 283 g/mol. The number of benzene rings is 2. The van der Waals surface area contributed by atoms with Crippen molar-refractivity contribution in [1.29, 1.82) is 0 Å². The number of fused-ring (bicyclic) bond motifs is 1. The van der Waals surface area contributed by atoms with Crippen molar-refractivity contribution in [3.05, 3.63) is 30.3 Å². The van der Waals surface area contributed by atoms with Crippen molar-refractivity contribution in [3.8, 4) is 5.75 Å². The van der Waals surface area contributed by atoms with Crippen LogP contribution in [0.25, 0.3) is 10.8 Å². The summed E-state index contributed by atoms with van der Waals surface area (Å²) in [5, 5.41) is 12.2. The zero-order chi connectivity index (χ0) is 11.9. The molecule has 0 atom stereocenters. The molecule has 8 heteroatoms. The Morgan fingerprint density at radius 1 is 1.06 bits per heavy atom. The fraction of sp³-hybridized carbons (Fsp3) is 0. The van der Waals surface area contributed by atoms with Gasteiger partial charge in [-0.05, 0) is 29.0 Å². The Bertz CT molecular complexity index is 673. The van der Waals surface area contributed by atoms with Crippen LogP contribution in [0.2, 0.25) is 0 Å². The third-order valence-electron chi connectivity index (χ3n) is 2.20. The Kier molecular flexibility index (Phi) is 6.66. The van der Waals surface area contributed by atoms with E-state index in [1.165, 1.54) is 24.3 Å². The second-order valence-electron chi connectivity index (χ2n) is 3.36. The normalized spacial score (nSPS) is 10.5. The number of rotatable bonds is 1. The van der Waals surface area contributed by atoms with Gasteiger partial charge in [0.25, 0.3) is 0 Å². The van der Waals surface area contributed by atoms with E-state index in [1.807, 2.05) is 0 Å². The molecule has 0 heterocycles. The van der Waals surface area contributed by atoms with Crippen LogP contribution in [0.5, 0.6) is 5.75 Å². The Hall–Kier alpha value is 0.210. The molecule has 0 aliphatic rings. The Balaban J connectivity index is 0.00000144. The zero-order valence-electron chi connectivity index (χ0n) is 10.0. The molecule has 2 N–H and O–H groups in total. The molecule has 2 rings (SSSR count). The molecule has 0 bridgehead atoms. The van der Waals surface area contributed by atoms with Crippen LogP contribution in [0, 0.1) is 0 Å². The number of nitrogen functional groups attached to an aromatic ring is 1. The van der Waals surface area contributed by atoms with E-state index in [2.05, 4.69) is 0 Å². The Labute approximate surface area is 149 Å². The molecule has 5 nitrogen and oxygen atoms in total. The van der Waals surface area contributed by atoms with E-state index >= 15 is 0 Å². The van der Waals surface area contributed by atoms with E-state index in [9.17, 15) is 18.1 Å². The quantitative estimate of drug-likeness (QED) is 0.319. The van der Waals surface area contributed by atoms with Crippen molar-refractivity contribution < 1.29 is 77.2 Å². The molecule has 0 aliphatic heterocycles. The fourth-order valence-corrected chi connectivity index (χ4v) is 1.98. The third kappa shape index (κ3) is 3.85. The van der Waals surface area contributed by atoms with E-state index in [0.29, 0.717) is 16.5 Å². The first-order valence-electron chi connectivity index (χ1n) is 4.34. The van der Waals surface area contributed by atoms with Gasteiger partial charge in [0, 0.05) is 5.69 Å². The predicted octanol–water partition coefficient (Wildman–Crippen LogP) is -5.59. The van der Waals surface area contributed by atoms with Crippen LogP contribution in [-0.2, 0) is 10.1 Å². The first-order chi connectivity index (χ1) is 7.38. The summed E-state index contributed by atoms with van der Waals surface area (Å²) in [6.07, 6.45) is 0. The largest absolute Gasteiger partial charge is 1.00 e. The zero-order valence-corrected chi connectivity index (χ0v) is 14.8. The van der Waals surface area contributed by atoms with Crippen molar-refractivity contribution in [2.24, 2.45) is 0 Å². The van der Waals surface area contributed by atoms with Gasteiger partial charge >= 0.3 is 59.1 Å². The van der Waals surface area contributed by atoms with Crippen molar-refractivity contribution >= 4 is 26.6 Å². The maximum Gasteiger partial charge on any atom is 1.00 e. The minimum atomic E-state index is -4.61. The van der Waals surface area contributed by atoms with Gasteiger partial charge in [-0.2, -0.15) is 0 Å². The van der Waals surface area contributed by atoms with Crippen LogP contribution < -0.4 is 70.0 Å². The number of hydrogen-bond acceptors (Lipinski definition) is 5. The second kappa shape index (κ2) is 6.58. The molecule has 18 heavy (non-hydrogen) atoms. The summed E-state index contributed by atoms with van der Waals surface area (Å²) in [5.74, 6) is -0.528. The van der Waals surface area contributed by atoms with Gasteiger partial charge in [0.1, 0.15) is 10.1 Å². The van der Waals surface area contributed by atoms with Crippen LogP contribution in [0.3, 0.4) is 0 Å². The van der Waals surface area contributed by atoms with Gasteiger partial charge in [0.05, 0.1) is 4.90 Å². The molecule has 0 aliphatic carbocycles. The summed E-state index contributed by atoms with van der Waals surface area (Å²) in [6.45, 7) is 0. The van der Waals surface area contributed by atoms with Crippen LogP contribution in [0.4, 0.5) is 5.69 Å². The van der Waals surface area contributed by atoms with E-state index in [-0.39, 0.29) is 59.1 Å². The molecule has 0 aromatic heterocycles. The molecule has 0 amide bonds. The standard InChI is InChI=1S/C10H9NO4S.2Na/c11-7-2-1-6-3-8(16(13,14)15)5-10(12)9(6)4-7;;/h1-5,12H,11H2,(H,13,14,15);;/q;2*+1/p-2. The molecule has 84 valence electrons. The summed E-state index contributed by atoms with van der Waals surface area (Å²) in [4.78, 5) is -0.519. The Morgan fingerprint density at radius 2 is 1.67 bits per heavy atom. The maximum atomic E-state index is 11.5. The topological polar surface area (TPSA) is 106 Å². The van der Waals surface area contributed by atoms with E-state index in [1.54, 1.807) is 0 Å². The summed E-state index contributed by atoms with van der Waals surface area (Å²) in [6, 6.07) is 6.45.